The summed E-state index contributed by atoms with van der Waals surface area (Å²) >= 11 is 0. The highest BCUT2D eigenvalue weighted by molar-refractivity contribution is 6.02. The predicted molar refractivity (Wildman–Crippen MR) is 84.7 cm³/mol. The largest absolute Gasteiger partial charge is 0.497 e. The van der Waals surface area contributed by atoms with Gasteiger partial charge in [0.25, 0.3) is 0 Å². The Kier molecular flexibility index (Phi) is 2.77. The van der Waals surface area contributed by atoms with Gasteiger partial charge in [-0.3, -0.25) is 0 Å². The minimum absolute atomic E-state index is 0.318. The van der Waals surface area contributed by atoms with Crippen LogP contribution in [0.2, 0.25) is 0 Å². The Bertz CT molecular complexity index is 1080. The van der Waals surface area contributed by atoms with Gasteiger partial charge in [0.05, 0.1) is 12.8 Å². The summed E-state index contributed by atoms with van der Waals surface area (Å²) in [6, 6.07) is 7.40. The maximum absolute atomic E-state index is 12.2. The highest BCUT2D eigenvalue weighted by Gasteiger charge is 2.19. The number of hydrogen-bond acceptors (Lipinski definition) is 6. The quantitative estimate of drug-likeness (QED) is 0.711. The normalized spacial score (nSPS) is 12.9. The predicted octanol–water partition coefficient (Wildman–Crippen LogP) is 1.15. The first-order valence-corrected chi connectivity index (χ1v) is 7.10. The van der Waals surface area contributed by atoms with Gasteiger partial charge in [0.1, 0.15) is 5.75 Å². The molecule has 1 aliphatic heterocycles. The van der Waals surface area contributed by atoms with Crippen LogP contribution in [-0.2, 0) is 0 Å². The fourth-order valence-electron chi connectivity index (χ4n) is 2.58. The first-order chi connectivity index (χ1) is 11.1. The fraction of sp³-hybridized carbons (Fsp3) is 0.188. The van der Waals surface area contributed by atoms with E-state index < -0.39 is 0 Å². The number of aliphatic imine (C=N–C) groups is 1. The van der Waals surface area contributed by atoms with E-state index in [1.165, 1.54) is 4.40 Å². The lowest BCUT2D eigenvalue weighted by Gasteiger charge is -2.00. The van der Waals surface area contributed by atoms with Gasteiger partial charge in [-0.15, -0.1) is 0 Å². The Labute approximate surface area is 131 Å². The average molecular weight is 307 g/mol. The number of fused-ring (bicyclic) bond motifs is 3. The van der Waals surface area contributed by atoms with Gasteiger partial charge < -0.3 is 4.74 Å². The van der Waals surface area contributed by atoms with Crippen LogP contribution in [0, 0.1) is 13.8 Å². The molecule has 0 fully saturated rings. The summed E-state index contributed by atoms with van der Waals surface area (Å²) in [6.45, 7) is 3.69. The van der Waals surface area contributed by atoms with Crippen molar-refractivity contribution in [2.45, 2.75) is 13.8 Å². The Morgan fingerprint density at radius 3 is 2.48 bits per heavy atom. The van der Waals surface area contributed by atoms with Gasteiger partial charge >= 0.3 is 5.69 Å². The highest BCUT2D eigenvalue weighted by Crippen LogP contribution is 2.17. The zero-order valence-corrected chi connectivity index (χ0v) is 12.9. The van der Waals surface area contributed by atoms with Crippen molar-refractivity contribution in [1.29, 1.82) is 0 Å². The van der Waals surface area contributed by atoms with Gasteiger partial charge in [0, 0.05) is 11.3 Å². The van der Waals surface area contributed by atoms with Crippen LogP contribution >= 0.6 is 0 Å². The Morgan fingerprint density at radius 2 is 1.78 bits per heavy atom. The molecule has 23 heavy (non-hydrogen) atoms. The molecule has 1 aromatic carbocycles. The molecule has 2 aromatic heterocycles. The number of methoxy groups -OCH3 is 1. The summed E-state index contributed by atoms with van der Waals surface area (Å²) in [4.78, 5) is 29.5. The first kappa shape index (κ1) is 13.6. The van der Waals surface area contributed by atoms with Crippen molar-refractivity contribution in [1.82, 2.24) is 14.4 Å². The van der Waals surface area contributed by atoms with Crippen LogP contribution in [0.5, 0.6) is 5.75 Å². The third-order valence-electron chi connectivity index (χ3n) is 3.94. The van der Waals surface area contributed by atoms with Crippen LogP contribution in [-0.4, -0.2) is 27.3 Å². The number of nitrogens with zero attached hydrogens (tertiary/aromatic N) is 5. The maximum Gasteiger partial charge on any atom is 0.355 e. The molecular weight excluding hydrogens is 294 g/mol. The summed E-state index contributed by atoms with van der Waals surface area (Å²) in [5.74, 6) is 1.59. The zero-order valence-electron chi connectivity index (χ0n) is 12.9. The zero-order chi connectivity index (χ0) is 16.1. The maximum atomic E-state index is 12.2. The summed E-state index contributed by atoms with van der Waals surface area (Å²) in [7, 11) is 1.61. The van der Waals surface area contributed by atoms with Crippen LogP contribution in [0.4, 0.5) is 5.82 Å². The second-order valence-corrected chi connectivity index (χ2v) is 5.28. The lowest BCUT2D eigenvalue weighted by atomic mass is 10.2. The van der Waals surface area contributed by atoms with E-state index in [0.29, 0.717) is 22.7 Å². The lowest BCUT2D eigenvalue weighted by molar-refractivity contribution is 0.415. The van der Waals surface area contributed by atoms with Crippen LogP contribution in [0.1, 0.15) is 17.0 Å². The van der Waals surface area contributed by atoms with E-state index in [0.717, 1.165) is 22.7 Å². The van der Waals surface area contributed by atoms with Crippen molar-refractivity contribution in [3.8, 4) is 5.75 Å². The molecule has 7 heteroatoms. The fourth-order valence-corrected chi connectivity index (χ4v) is 2.58. The molecule has 0 amide bonds. The Hall–Kier alpha value is -3.09. The molecule has 0 aliphatic carbocycles. The molecule has 3 aromatic rings. The molecule has 0 radical (unpaired) electrons. The number of aryl methyl sites for hydroxylation is 2. The third-order valence-corrected chi connectivity index (χ3v) is 3.94. The molecule has 0 saturated heterocycles. The third kappa shape index (κ3) is 1.93. The van der Waals surface area contributed by atoms with E-state index in [1.807, 2.05) is 38.1 Å². The van der Waals surface area contributed by atoms with Crippen molar-refractivity contribution < 1.29 is 4.74 Å². The standard InChI is InChI=1S/C16H13N5O2/c1-8-9(2)21-15(17-8)12-14(20-16(21)22)19-13(18-12)10-4-6-11(23-3)7-5-10/h4-7H,1-3H3. The van der Waals surface area contributed by atoms with Gasteiger partial charge in [-0.25, -0.2) is 24.2 Å². The lowest BCUT2D eigenvalue weighted by Crippen LogP contribution is -2.23. The number of ether oxygens (including phenoxy) is 1. The van der Waals surface area contributed by atoms with E-state index >= 15 is 0 Å². The Balaban J connectivity index is 1.93. The molecular formula is C16H13N5O2. The number of aromatic nitrogens is 3. The Morgan fingerprint density at radius 1 is 1.04 bits per heavy atom. The highest BCUT2D eigenvalue weighted by atomic mass is 16.5. The second kappa shape index (κ2) is 4.70. The second-order valence-electron chi connectivity index (χ2n) is 5.28. The monoisotopic (exact) mass is 307 g/mol. The number of imidazole rings is 1. The van der Waals surface area contributed by atoms with Crippen molar-refractivity contribution in [2.75, 3.05) is 7.11 Å². The van der Waals surface area contributed by atoms with Crippen LogP contribution < -0.4 is 15.8 Å². The van der Waals surface area contributed by atoms with Crippen molar-refractivity contribution in [2.24, 2.45) is 9.98 Å². The van der Waals surface area contributed by atoms with Crippen molar-refractivity contribution >= 4 is 17.3 Å². The number of amidine groups is 1. The summed E-state index contributed by atoms with van der Waals surface area (Å²) < 4.78 is 6.62. The topological polar surface area (TPSA) is 81.2 Å². The van der Waals surface area contributed by atoms with Gasteiger partial charge in [0.2, 0.25) is 0 Å². The van der Waals surface area contributed by atoms with Gasteiger partial charge in [0.15, 0.2) is 22.7 Å². The minimum Gasteiger partial charge on any atom is -0.497 e. The summed E-state index contributed by atoms with van der Waals surface area (Å²) in [5.41, 5.74) is 2.50. The summed E-state index contributed by atoms with van der Waals surface area (Å²) in [5, 5.41) is 0.534. The minimum atomic E-state index is -0.383. The number of benzene rings is 1. The smallest absolute Gasteiger partial charge is 0.355 e. The van der Waals surface area contributed by atoms with Crippen LogP contribution in [0.25, 0.3) is 5.65 Å². The van der Waals surface area contributed by atoms with E-state index in [2.05, 4.69) is 20.0 Å². The van der Waals surface area contributed by atoms with E-state index in [-0.39, 0.29) is 5.69 Å². The van der Waals surface area contributed by atoms with Gasteiger partial charge in [-0.1, -0.05) is 0 Å². The van der Waals surface area contributed by atoms with Gasteiger partial charge in [-0.05, 0) is 38.1 Å². The van der Waals surface area contributed by atoms with Gasteiger partial charge in [-0.2, -0.15) is 4.98 Å². The SMILES string of the molecule is COc1ccc(C2=Nc3nc(=O)n4c(C)c(C)nc4c3=N2)cc1. The number of rotatable bonds is 2. The molecule has 3 heterocycles. The first-order valence-electron chi connectivity index (χ1n) is 7.10. The van der Waals surface area contributed by atoms with Crippen LogP contribution in [0.15, 0.2) is 39.0 Å². The average Bonchev–Trinajstić information content (AvgIpc) is 3.10. The van der Waals surface area contributed by atoms with Crippen LogP contribution in [0.3, 0.4) is 0 Å². The van der Waals surface area contributed by atoms with E-state index in [4.69, 9.17) is 4.74 Å². The molecule has 4 rings (SSSR count). The van der Waals surface area contributed by atoms with E-state index in [9.17, 15) is 4.79 Å². The molecule has 1 aliphatic rings. The molecule has 7 nitrogen and oxygen atoms in total. The molecule has 0 saturated carbocycles. The molecule has 0 spiro atoms. The molecule has 0 atom stereocenters. The molecule has 0 unspecified atom stereocenters. The molecule has 0 N–H and O–H groups in total. The number of hydrogen-bond donors (Lipinski definition) is 0. The molecule has 114 valence electrons. The van der Waals surface area contributed by atoms with E-state index in [1.54, 1.807) is 7.11 Å². The summed E-state index contributed by atoms with van der Waals surface area (Å²) in [6.07, 6.45) is 0. The molecule has 0 bridgehead atoms. The van der Waals surface area contributed by atoms with Crippen molar-refractivity contribution in [3.05, 3.63) is 57.1 Å². The van der Waals surface area contributed by atoms with Crippen molar-refractivity contribution in [3.63, 3.8) is 0 Å².